The molecule has 0 atom stereocenters. The summed E-state index contributed by atoms with van der Waals surface area (Å²) in [7, 11) is 0. The first-order valence-electron chi connectivity index (χ1n) is 11.6. The zero-order valence-electron chi connectivity index (χ0n) is 19.9. The number of nitrogens with one attached hydrogen (secondary N) is 3. The molecule has 0 fully saturated rings. The number of urea groups is 1. The van der Waals surface area contributed by atoms with Crippen LogP contribution in [0, 0.1) is 0 Å². The van der Waals surface area contributed by atoms with Crippen molar-refractivity contribution in [3.63, 3.8) is 0 Å². The van der Waals surface area contributed by atoms with Crippen molar-refractivity contribution in [3.8, 4) is 0 Å². The average molecular weight is 506 g/mol. The molecule has 3 amide bonds. The standard InChI is InChI=1S/C26H31N7O2S/c27-21(15-16-22(28)30-23(34)17-19-9-3-1-4-10-19)13-7-8-14-24-32-33-26(36-24)31-25(35)29-18-20-11-5-2-6-12-20/h1-6,9-12,15-16H,7-8,13-14,17-18,27-28H2,(H,30,34)(H2,29,31,33,35)/b21-15-,22-16+. The van der Waals surface area contributed by atoms with Crippen LogP contribution < -0.4 is 27.4 Å². The maximum atomic E-state index is 12.0. The van der Waals surface area contributed by atoms with Crippen molar-refractivity contribution in [1.29, 1.82) is 0 Å². The third-order valence-electron chi connectivity index (χ3n) is 5.06. The summed E-state index contributed by atoms with van der Waals surface area (Å²) in [5.74, 6) is 0.0714. The van der Waals surface area contributed by atoms with E-state index in [9.17, 15) is 9.59 Å². The number of nitrogens with zero attached hydrogens (tertiary/aromatic N) is 2. The smallest absolute Gasteiger partial charge is 0.321 e. The molecule has 0 aliphatic rings. The molecular formula is C26H31N7O2S. The number of carbonyl (C=O) groups is 2. The SMILES string of the molecule is N/C(=C\C=C(/N)NC(=O)Cc1ccccc1)CCCCc1nnc(NC(=O)NCc2ccccc2)s1. The Morgan fingerprint density at radius 3 is 2.31 bits per heavy atom. The van der Waals surface area contributed by atoms with Gasteiger partial charge >= 0.3 is 6.03 Å². The zero-order valence-corrected chi connectivity index (χ0v) is 20.8. The van der Waals surface area contributed by atoms with Crippen LogP contribution in [0.2, 0.25) is 0 Å². The van der Waals surface area contributed by atoms with Crippen molar-refractivity contribution in [2.45, 2.75) is 38.6 Å². The molecule has 0 aliphatic heterocycles. The monoisotopic (exact) mass is 505 g/mol. The minimum absolute atomic E-state index is 0.179. The van der Waals surface area contributed by atoms with Crippen LogP contribution in [0.25, 0.3) is 0 Å². The van der Waals surface area contributed by atoms with Gasteiger partial charge in [0.1, 0.15) is 10.8 Å². The highest BCUT2D eigenvalue weighted by Gasteiger charge is 2.08. The average Bonchev–Trinajstić information content (AvgIpc) is 3.32. The Kier molecular flexibility index (Phi) is 10.5. The fourth-order valence-corrected chi connectivity index (χ4v) is 4.01. The van der Waals surface area contributed by atoms with Gasteiger partial charge in [-0.2, -0.15) is 0 Å². The normalized spacial score (nSPS) is 11.7. The van der Waals surface area contributed by atoms with Gasteiger partial charge in [0.15, 0.2) is 0 Å². The van der Waals surface area contributed by atoms with E-state index in [0.29, 0.717) is 23.8 Å². The van der Waals surface area contributed by atoms with Crippen LogP contribution >= 0.6 is 11.3 Å². The molecule has 9 nitrogen and oxygen atoms in total. The molecular weight excluding hydrogens is 474 g/mol. The fourth-order valence-electron chi connectivity index (χ4n) is 3.24. The highest BCUT2D eigenvalue weighted by Crippen LogP contribution is 2.18. The van der Waals surface area contributed by atoms with Crippen molar-refractivity contribution in [1.82, 2.24) is 20.8 Å². The quantitative estimate of drug-likeness (QED) is 0.188. The van der Waals surface area contributed by atoms with Crippen molar-refractivity contribution < 1.29 is 9.59 Å². The molecule has 7 N–H and O–H groups in total. The van der Waals surface area contributed by atoms with Crippen LogP contribution in [0.5, 0.6) is 0 Å². The fraction of sp³-hybridized carbons (Fsp3) is 0.231. The van der Waals surface area contributed by atoms with E-state index < -0.39 is 0 Å². The van der Waals surface area contributed by atoms with Crippen LogP contribution in [0.4, 0.5) is 9.93 Å². The van der Waals surface area contributed by atoms with E-state index in [4.69, 9.17) is 11.5 Å². The van der Waals surface area contributed by atoms with Gasteiger partial charge in [0, 0.05) is 18.7 Å². The van der Waals surface area contributed by atoms with Crippen LogP contribution in [0.15, 0.2) is 84.3 Å². The lowest BCUT2D eigenvalue weighted by Gasteiger charge is -2.05. The number of carbonyl (C=O) groups excluding carboxylic acids is 2. The lowest BCUT2D eigenvalue weighted by atomic mass is 10.1. The number of aromatic nitrogens is 2. The second kappa shape index (κ2) is 14.3. The molecule has 2 aromatic carbocycles. The van der Waals surface area contributed by atoms with E-state index in [2.05, 4.69) is 26.1 Å². The molecule has 0 spiro atoms. The Bertz CT molecular complexity index is 1180. The lowest BCUT2D eigenvalue weighted by Crippen LogP contribution is -2.28. The largest absolute Gasteiger partial charge is 0.402 e. The van der Waals surface area contributed by atoms with E-state index >= 15 is 0 Å². The van der Waals surface area contributed by atoms with E-state index in [1.807, 2.05) is 60.7 Å². The number of benzene rings is 2. The summed E-state index contributed by atoms with van der Waals surface area (Å²) < 4.78 is 0. The molecule has 3 rings (SSSR count). The van der Waals surface area contributed by atoms with Gasteiger partial charge in [-0.1, -0.05) is 72.0 Å². The highest BCUT2D eigenvalue weighted by molar-refractivity contribution is 7.15. The van der Waals surface area contributed by atoms with Crippen LogP contribution in [-0.2, 0) is 24.2 Å². The topological polar surface area (TPSA) is 148 Å². The summed E-state index contributed by atoms with van der Waals surface area (Å²) in [6, 6.07) is 18.8. The molecule has 36 heavy (non-hydrogen) atoms. The van der Waals surface area contributed by atoms with Crippen molar-refractivity contribution in [3.05, 3.63) is 100 Å². The Balaban J connectivity index is 1.31. The van der Waals surface area contributed by atoms with Crippen molar-refractivity contribution >= 4 is 28.4 Å². The third-order valence-corrected chi connectivity index (χ3v) is 5.96. The third kappa shape index (κ3) is 9.98. The molecule has 0 unspecified atom stereocenters. The Morgan fingerprint density at radius 2 is 1.58 bits per heavy atom. The van der Waals surface area contributed by atoms with Gasteiger partial charge in [0.25, 0.3) is 0 Å². The molecule has 3 aromatic rings. The summed E-state index contributed by atoms with van der Waals surface area (Å²) >= 11 is 1.36. The summed E-state index contributed by atoms with van der Waals surface area (Å²) in [6.07, 6.45) is 6.73. The number of amides is 3. The van der Waals surface area contributed by atoms with E-state index in [1.165, 1.54) is 11.3 Å². The summed E-state index contributed by atoms with van der Waals surface area (Å²) in [5, 5.41) is 17.6. The van der Waals surface area contributed by atoms with Gasteiger partial charge in [0.2, 0.25) is 11.0 Å². The summed E-state index contributed by atoms with van der Waals surface area (Å²) in [4.78, 5) is 24.1. The Morgan fingerprint density at radius 1 is 0.889 bits per heavy atom. The first-order chi connectivity index (χ1) is 17.5. The van der Waals surface area contributed by atoms with Gasteiger partial charge < -0.3 is 22.1 Å². The maximum absolute atomic E-state index is 12.0. The minimum Gasteiger partial charge on any atom is -0.402 e. The van der Waals surface area contributed by atoms with E-state index in [1.54, 1.807) is 12.2 Å². The number of rotatable bonds is 12. The van der Waals surface area contributed by atoms with E-state index in [0.717, 1.165) is 35.4 Å². The zero-order chi connectivity index (χ0) is 25.6. The number of nitrogens with two attached hydrogens (primary N) is 2. The van der Waals surface area contributed by atoms with Crippen LogP contribution in [0.3, 0.4) is 0 Å². The van der Waals surface area contributed by atoms with Crippen LogP contribution in [0.1, 0.15) is 35.4 Å². The Labute approximate surface area is 214 Å². The first kappa shape index (κ1) is 26.4. The Hall–Kier alpha value is -4.18. The van der Waals surface area contributed by atoms with Crippen molar-refractivity contribution in [2.24, 2.45) is 11.5 Å². The number of unbranched alkanes of at least 4 members (excludes halogenated alkanes) is 1. The van der Waals surface area contributed by atoms with Crippen molar-refractivity contribution in [2.75, 3.05) is 5.32 Å². The maximum Gasteiger partial charge on any atom is 0.321 e. The van der Waals surface area contributed by atoms with Crippen LogP contribution in [-0.4, -0.2) is 22.1 Å². The molecule has 0 bridgehead atoms. The number of anilines is 1. The van der Waals surface area contributed by atoms with E-state index in [-0.39, 0.29) is 24.2 Å². The predicted molar refractivity (Wildman–Crippen MR) is 143 cm³/mol. The molecule has 1 aromatic heterocycles. The van der Waals surface area contributed by atoms with Gasteiger partial charge in [-0.05, 0) is 42.5 Å². The molecule has 1 heterocycles. The molecule has 188 valence electrons. The van der Waals surface area contributed by atoms with Gasteiger partial charge in [-0.3, -0.25) is 10.1 Å². The molecule has 10 heteroatoms. The summed E-state index contributed by atoms with van der Waals surface area (Å²) in [6.45, 7) is 0.439. The molecule has 0 saturated carbocycles. The summed E-state index contributed by atoms with van der Waals surface area (Å²) in [5.41, 5.74) is 14.5. The minimum atomic E-state index is -0.317. The number of allylic oxidation sites excluding steroid dienone is 3. The highest BCUT2D eigenvalue weighted by atomic mass is 32.1. The first-order valence-corrected chi connectivity index (χ1v) is 12.5. The second-order valence-electron chi connectivity index (χ2n) is 8.08. The second-order valence-corrected chi connectivity index (χ2v) is 9.14. The molecule has 0 saturated heterocycles. The predicted octanol–water partition coefficient (Wildman–Crippen LogP) is 3.57. The number of hydrogen-bond donors (Lipinski definition) is 5. The van der Waals surface area contributed by atoms with Gasteiger partial charge in [-0.25, -0.2) is 4.79 Å². The van der Waals surface area contributed by atoms with Gasteiger partial charge in [-0.15, -0.1) is 10.2 Å². The number of aryl methyl sites for hydroxylation is 1. The number of hydrogen-bond acceptors (Lipinski definition) is 7. The lowest BCUT2D eigenvalue weighted by molar-refractivity contribution is -0.119. The van der Waals surface area contributed by atoms with Gasteiger partial charge in [0.05, 0.1) is 6.42 Å². The molecule has 0 radical (unpaired) electrons. The molecule has 0 aliphatic carbocycles.